The van der Waals surface area contributed by atoms with Crippen molar-refractivity contribution in [2.75, 3.05) is 13.6 Å². The molecule has 19 heavy (non-hydrogen) atoms. The van der Waals surface area contributed by atoms with Crippen LogP contribution in [0.2, 0.25) is 0 Å². The van der Waals surface area contributed by atoms with Crippen molar-refractivity contribution < 1.29 is 22.3 Å². The number of nitrogens with zero attached hydrogens (tertiary/aromatic N) is 1. The van der Waals surface area contributed by atoms with Crippen LogP contribution in [0.5, 0.6) is 0 Å². The van der Waals surface area contributed by atoms with E-state index in [0.29, 0.717) is 21.9 Å². The van der Waals surface area contributed by atoms with Crippen LogP contribution in [-0.4, -0.2) is 37.8 Å². The zero-order valence-corrected chi connectivity index (χ0v) is 11.6. The third-order valence-corrected chi connectivity index (χ3v) is 4.68. The standard InChI is InChI=1S/C12H17F2NO3S/c1-3-10-5-4-9(8-16)6-11(10)19(17,18)15(2)7-12(13)14/h4-6,12,16H,3,7-8H2,1-2H3. The summed E-state index contributed by atoms with van der Waals surface area (Å²) >= 11 is 0. The first-order valence-corrected chi connectivity index (χ1v) is 7.24. The van der Waals surface area contributed by atoms with Crippen molar-refractivity contribution in [2.24, 2.45) is 0 Å². The lowest BCUT2D eigenvalue weighted by Crippen LogP contribution is -2.32. The van der Waals surface area contributed by atoms with E-state index in [1.165, 1.54) is 6.07 Å². The van der Waals surface area contributed by atoms with Gasteiger partial charge in [0.05, 0.1) is 18.0 Å². The largest absolute Gasteiger partial charge is 0.392 e. The maximum Gasteiger partial charge on any atom is 0.252 e. The fourth-order valence-corrected chi connectivity index (χ4v) is 3.18. The number of aryl methyl sites for hydroxylation is 1. The van der Waals surface area contributed by atoms with Gasteiger partial charge in [-0.05, 0) is 23.6 Å². The molecule has 108 valence electrons. The lowest BCUT2D eigenvalue weighted by molar-refractivity contribution is 0.126. The van der Waals surface area contributed by atoms with Crippen LogP contribution < -0.4 is 0 Å². The first-order valence-electron chi connectivity index (χ1n) is 5.80. The summed E-state index contributed by atoms with van der Waals surface area (Å²) < 4.78 is 49.7. The molecule has 7 heteroatoms. The summed E-state index contributed by atoms with van der Waals surface area (Å²) in [6, 6.07) is 4.54. The topological polar surface area (TPSA) is 57.6 Å². The minimum absolute atomic E-state index is 0.0234. The van der Waals surface area contributed by atoms with E-state index in [-0.39, 0.29) is 11.5 Å². The number of alkyl halides is 2. The Kier molecular flexibility index (Phi) is 5.39. The van der Waals surface area contributed by atoms with Crippen LogP contribution in [0, 0.1) is 0 Å². The number of halogens is 2. The van der Waals surface area contributed by atoms with Gasteiger partial charge >= 0.3 is 0 Å². The second-order valence-corrected chi connectivity index (χ2v) is 6.14. The highest BCUT2D eigenvalue weighted by molar-refractivity contribution is 7.89. The maximum atomic E-state index is 12.3. The Morgan fingerprint density at radius 2 is 2.00 bits per heavy atom. The number of hydrogen-bond acceptors (Lipinski definition) is 3. The molecule has 0 unspecified atom stereocenters. The summed E-state index contributed by atoms with van der Waals surface area (Å²) in [5.74, 6) is 0. The lowest BCUT2D eigenvalue weighted by Gasteiger charge is -2.19. The van der Waals surface area contributed by atoms with E-state index < -0.39 is 23.0 Å². The normalized spacial score (nSPS) is 12.4. The van der Waals surface area contributed by atoms with Gasteiger partial charge in [0.15, 0.2) is 0 Å². The molecule has 0 saturated carbocycles. The molecule has 0 atom stereocenters. The minimum atomic E-state index is -3.97. The van der Waals surface area contributed by atoms with Crippen molar-refractivity contribution in [3.05, 3.63) is 29.3 Å². The van der Waals surface area contributed by atoms with Gasteiger partial charge in [0.25, 0.3) is 6.43 Å². The highest BCUT2D eigenvalue weighted by atomic mass is 32.2. The zero-order chi connectivity index (χ0) is 14.6. The van der Waals surface area contributed by atoms with Crippen molar-refractivity contribution >= 4 is 10.0 Å². The summed E-state index contributed by atoms with van der Waals surface area (Å²) in [5.41, 5.74) is 0.972. The van der Waals surface area contributed by atoms with Crippen molar-refractivity contribution in [1.82, 2.24) is 4.31 Å². The van der Waals surface area contributed by atoms with E-state index >= 15 is 0 Å². The van der Waals surface area contributed by atoms with Crippen molar-refractivity contribution in [2.45, 2.75) is 31.3 Å². The van der Waals surface area contributed by atoms with Gasteiger partial charge in [-0.2, -0.15) is 4.31 Å². The predicted octanol–water partition coefficient (Wildman–Crippen LogP) is 1.63. The quantitative estimate of drug-likeness (QED) is 0.867. The van der Waals surface area contributed by atoms with Crippen LogP contribution in [0.3, 0.4) is 0 Å². The van der Waals surface area contributed by atoms with Crippen molar-refractivity contribution in [3.63, 3.8) is 0 Å². The van der Waals surface area contributed by atoms with Crippen LogP contribution in [-0.2, 0) is 23.1 Å². The van der Waals surface area contributed by atoms with Crippen LogP contribution in [0.4, 0.5) is 8.78 Å². The molecule has 0 aliphatic rings. The molecule has 0 amide bonds. The molecule has 0 fully saturated rings. The van der Waals surface area contributed by atoms with E-state index in [4.69, 9.17) is 5.11 Å². The second kappa shape index (κ2) is 6.40. The summed E-state index contributed by atoms with van der Waals surface area (Å²) in [6.07, 6.45) is -2.27. The van der Waals surface area contributed by atoms with Crippen LogP contribution >= 0.6 is 0 Å². The lowest BCUT2D eigenvalue weighted by atomic mass is 10.1. The molecule has 1 aromatic carbocycles. The number of rotatable bonds is 6. The molecular formula is C12H17F2NO3S. The van der Waals surface area contributed by atoms with Crippen LogP contribution in [0.15, 0.2) is 23.1 Å². The number of aliphatic hydroxyl groups excluding tert-OH is 1. The molecule has 4 nitrogen and oxygen atoms in total. The van der Waals surface area contributed by atoms with Gasteiger partial charge in [0.2, 0.25) is 10.0 Å². The molecule has 0 spiro atoms. The van der Waals surface area contributed by atoms with Gasteiger partial charge in [-0.1, -0.05) is 19.1 Å². The summed E-state index contributed by atoms with van der Waals surface area (Å²) in [4.78, 5) is -0.0234. The number of aliphatic hydroxyl groups is 1. The van der Waals surface area contributed by atoms with Gasteiger partial charge in [0, 0.05) is 7.05 Å². The Bertz CT molecular complexity index is 532. The van der Waals surface area contributed by atoms with Crippen molar-refractivity contribution in [1.29, 1.82) is 0 Å². The van der Waals surface area contributed by atoms with E-state index in [1.807, 2.05) is 0 Å². The van der Waals surface area contributed by atoms with Gasteiger partial charge in [0.1, 0.15) is 0 Å². The maximum absolute atomic E-state index is 12.3. The number of hydrogen-bond donors (Lipinski definition) is 1. The van der Waals surface area contributed by atoms with Gasteiger partial charge in [-0.25, -0.2) is 17.2 Å². The van der Waals surface area contributed by atoms with E-state index in [1.54, 1.807) is 19.1 Å². The van der Waals surface area contributed by atoms with Gasteiger partial charge in [-0.15, -0.1) is 0 Å². The first-order chi connectivity index (χ1) is 8.82. The highest BCUT2D eigenvalue weighted by Gasteiger charge is 2.26. The smallest absolute Gasteiger partial charge is 0.252 e. The molecule has 0 aliphatic carbocycles. The summed E-state index contributed by atoms with van der Waals surface area (Å²) in [5, 5.41) is 9.05. The Balaban J connectivity index is 3.26. The highest BCUT2D eigenvalue weighted by Crippen LogP contribution is 2.22. The van der Waals surface area contributed by atoms with E-state index in [9.17, 15) is 17.2 Å². The van der Waals surface area contributed by atoms with Crippen LogP contribution in [0.25, 0.3) is 0 Å². The molecule has 0 bridgehead atoms. The minimum Gasteiger partial charge on any atom is -0.392 e. The Labute approximate surface area is 111 Å². The molecule has 0 saturated heterocycles. The second-order valence-electron chi connectivity index (χ2n) is 4.13. The third-order valence-electron chi connectivity index (χ3n) is 2.78. The molecule has 1 rings (SSSR count). The summed E-state index contributed by atoms with van der Waals surface area (Å²) in [7, 11) is -2.85. The molecule has 0 heterocycles. The monoisotopic (exact) mass is 293 g/mol. The molecule has 1 N–H and O–H groups in total. The fraction of sp³-hybridized carbons (Fsp3) is 0.500. The first kappa shape index (κ1) is 16.0. The Morgan fingerprint density at radius 1 is 1.37 bits per heavy atom. The van der Waals surface area contributed by atoms with E-state index in [0.717, 1.165) is 7.05 Å². The third kappa shape index (κ3) is 3.71. The predicted molar refractivity (Wildman–Crippen MR) is 67.6 cm³/mol. The average Bonchev–Trinajstić information content (AvgIpc) is 2.37. The molecule has 1 aromatic rings. The van der Waals surface area contributed by atoms with Gasteiger partial charge in [-0.3, -0.25) is 0 Å². The molecule has 0 radical (unpaired) electrons. The van der Waals surface area contributed by atoms with E-state index in [2.05, 4.69) is 0 Å². The Hall–Kier alpha value is -1.05. The molecule has 0 aliphatic heterocycles. The molecular weight excluding hydrogens is 276 g/mol. The van der Waals surface area contributed by atoms with Crippen LogP contribution in [0.1, 0.15) is 18.1 Å². The fourth-order valence-electron chi connectivity index (χ4n) is 1.69. The number of benzene rings is 1. The zero-order valence-electron chi connectivity index (χ0n) is 10.8. The Morgan fingerprint density at radius 3 is 2.47 bits per heavy atom. The molecule has 0 aromatic heterocycles. The average molecular weight is 293 g/mol. The number of sulfonamides is 1. The SMILES string of the molecule is CCc1ccc(CO)cc1S(=O)(=O)N(C)CC(F)F. The van der Waals surface area contributed by atoms with Crippen molar-refractivity contribution in [3.8, 4) is 0 Å². The van der Waals surface area contributed by atoms with Gasteiger partial charge < -0.3 is 5.11 Å². The summed E-state index contributed by atoms with van der Waals surface area (Å²) in [6.45, 7) is 0.625.